The average molecular weight is 482 g/mol. The van der Waals surface area contributed by atoms with Crippen LogP contribution in [0.5, 0.6) is 5.75 Å². The molecule has 3 heteroatoms. The van der Waals surface area contributed by atoms with Gasteiger partial charge in [-0.3, -0.25) is 4.98 Å². The predicted molar refractivity (Wildman–Crippen MR) is 147 cm³/mol. The summed E-state index contributed by atoms with van der Waals surface area (Å²) in [5.74, 6) is 1.86. The minimum atomic E-state index is -0.264. The molecular weight excluding hydrogens is 433 g/mol. The summed E-state index contributed by atoms with van der Waals surface area (Å²) in [5, 5.41) is 0. The van der Waals surface area contributed by atoms with Gasteiger partial charge in [0.1, 0.15) is 11.6 Å². The summed E-state index contributed by atoms with van der Waals surface area (Å²) in [6.45, 7) is 6.57. The van der Waals surface area contributed by atoms with E-state index in [2.05, 4.69) is 31.8 Å². The largest absolute Gasteiger partial charge is 0.491 e. The quantitative estimate of drug-likeness (QED) is 0.236. The van der Waals surface area contributed by atoms with E-state index in [0.717, 1.165) is 18.8 Å². The second-order valence-corrected chi connectivity index (χ2v) is 10.8. The first kappa shape index (κ1) is 27.7. The molecule has 0 aliphatic heterocycles. The maximum atomic E-state index is 14.9. The lowest BCUT2D eigenvalue weighted by Crippen LogP contribution is -2.13. The lowest BCUT2D eigenvalue weighted by molar-refractivity contribution is 0.205. The van der Waals surface area contributed by atoms with Gasteiger partial charge in [0, 0.05) is 17.8 Å². The second kappa shape index (κ2) is 15.3. The summed E-state index contributed by atoms with van der Waals surface area (Å²) >= 11 is 0. The van der Waals surface area contributed by atoms with Crippen LogP contribution in [0.15, 0.2) is 36.5 Å². The van der Waals surface area contributed by atoms with Gasteiger partial charge in [0.15, 0.2) is 0 Å². The molecule has 1 aliphatic rings. The van der Waals surface area contributed by atoms with Crippen molar-refractivity contribution >= 4 is 0 Å². The lowest BCUT2D eigenvalue weighted by atomic mass is 9.77. The third kappa shape index (κ3) is 9.24. The highest BCUT2D eigenvalue weighted by Crippen LogP contribution is 2.38. The topological polar surface area (TPSA) is 22.1 Å². The van der Waals surface area contributed by atoms with E-state index in [1.165, 1.54) is 95.1 Å². The Morgan fingerprint density at radius 3 is 2.26 bits per heavy atom. The average Bonchev–Trinajstić information content (AvgIpc) is 2.87. The minimum Gasteiger partial charge on any atom is -0.491 e. The maximum absolute atomic E-state index is 14.9. The van der Waals surface area contributed by atoms with Gasteiger partial charge in [0.25, 0.3) is 0 Å². The molecule has 0 amide bonds. The molecule has 3 rings (SSSR count). The molecule has 1 aromatic heterocycles. The number of benzene rings is 1. The van der Waals surface area contributed by atoms with Crippen LogP contribution in [0.25, 0.3) is 11.3 Å². The van der Waals surface area contributed by atoms with Gasteiger partial charge in [-0.15, -0.1) is 0 Å². The molecule has 2 aromatic rings. The van der Waals surface area contributed by atoms with Gasteiger partial charge in [-0.2, -0.15) is 0 Å². The third-order valence-electron chi connectivity index (χ3n) is 7.84. The number of hydrogen-bond donors (Lipinski definition) is 0. The normalized spacial score (nSPS) is 19.0. The molecule has 1 aromatic carbocycles. The van der Waals surface area contributed by atoms with Gasteiger partial charge >= 0.3 is 0 Å². The second-order valence-electron chi connectivity index (χ2n) is 10.8. The van der Waals surface area contributed by atoms with Gasteiger partial charge in [0.2, 0.25) is 0 Å². The van der Waals surface area contributed by atoms with Gasteiger partial charge < -0.3 is 4.74 Å². The third-order valence-corrected chi connectivity index (χ3v) is 7.84. The number of nitrogens with zero attached hydrogens (tertiary/aromatic N) is 1. The summed E-state index contributed by atoms with van der Waals surface area (Å²) in [6, 6.07) is 9.35. The summed E-state index contributed by atoms with van der Waals surface area (Å²) in [7, 11) is 0. The number of hydrogen-bond acceptors (Lipinski definition) is 2. The predicted octanol–water partition coefficient (Wildman–Crippen LogP) is 10.3. The zero-order chi connectivity index (χ0) is 24.9. The van der Waals surface area contributed by atoms with Crippen LogP contribution >= 0.6 is 0 Å². The van der Waals surface area contributed by atoms with Gasteiger partial charge in [0.05, 0.1) is 11.8 Å². The number of halogens is 1. The van der Waals surface area contributed by atoms with Gasteiger partial charge in [-0.1, -0.05) is 77.7 Å². The van der Waals surface area contributed by atoms with Crippen LogP contribution < -0.4 is 4.74 Å². The smallest absolute Gasteiger partial charge is 0.136 e. The van der Waals surface area contributed by atoms with Crippen molar-refractivity contribution in [2.24, 2.45) is 5.92 Å². The monoisotopic (exact) mass is 481 g/mol. The highest BCUT2D eigenvalue weighted by Gasteiger charge is 2.22. The van der Waals surface area contributed by atoms with E-state index in [1.54, 1.807) is 0 Å². The van der Waals surface area contributed by atoms with Crippen molar-refractivity contribution in [3.05, 3.63) is 47.9 Å². The molecule has 0 radical (unpaired) electrons. The Morgan fingerprint density at radius 2 is 1.60 bits per heavy atom. The van der Waals surface area contributed by atoms with Crippen molar-refractivity contribution in [1.29, 1.82) is 0 Å². The Balaban J connectivity index is 1.47. The van der Waals surface area contributed by atoms with E-state index in [-0.39, 0.29) is 11.9 Å². The number of ether oxygens (including phenoxy) is 1. The van der Waals surface area contributed by atoms with Crippen LogP contribution in [-0.2, 0) is 0 Å². The Bertz CT molecular complexity index is 841. The first-order valence-electron chi connectivity index (χ1n) is 14.5. The van der Waals surface area contributed by atoms with E-state index in [4.69, 9.17) is 4.74 Å². The lowest BCUT2D eigenvalue weighted by Gasteiger charge is -2.28. The van der Waals surface area contributed by atoms with Crippen molar-refractivity contribution in [2.75, 3.05) is 0 Å². The molecule has 0 unspecified atom stereocenters. The molecule has 1 fully saturated rings. The minimum absolute atomic E-state index is 0.102. The maximum Gasteiger partial charge on any atom is 0.136 e. The summed E-state index contributed by atoms with van der Waals surface area (Å²) in [5.41, 5.74) is 2.56. The zero-order valence-electron chi connectivity index (χ0n) is 22.5. The van der Waals surface area contributed by atoms with Gasteiger partial charge in [-0.25, -0.2) is 4.39 Å². The van der Waals surface area contributed by atoms with E-state index in [1.807, 2.05) is 24.4 Å². The Morgan fingerprint density at radius 1 is 0.886 bits per heavy atom. The van der Waals surface area contributed by atoms with Crippen molar-refractivity contribution in [1.82, 2.24) is 4.98 Å². The zero-order valence-corrected chi connectivity index (χ0v) is 22.5. The molecule has 1 atom stereocenters. The Kier molecular flexibility index (Phi) is 12.1. The highest BCUT2D eigenvalue weighted by atomic mass is 19.1. The van der Waals surface area contributed by atoms with Crippen LogP contribution in [-0.4, -0.2) is 11.1 Å². The first-order chi connectivity index (χ1) is 17.1. The highest BCUT2D eigenvalue weighted by molar-refractivity contribution is 5.61. The van der Waals surface area contributed by atoms with Gasteiger partial charge in [-0.05, 0) is 81.0 Å². The number of aromatic nitrogens is 1. The van der Waals surface area contributed by atoms with E-state index in [0.29, 0.717) is 22.9 Å². The molecule has 0 spiro atoms. The molecular formula is C32H48FNO. The molecule has 2 nitrogen and oxygen atoms in total. The first-order valence-corrected chi connectivity index (χ1v) is 14.5. The molecule has 1 heterocycles. The summed E-state index contributed by atoms with van der Waals surface area (Å²) in [4.78, 5) is 4.65. The van der Waals surface area contributed by atoms with Crippen LogP contribution in [0.4, 0.5) is 4.39 Å². The number of unbranched alkanes of at least 4 members (excludes halogenated alkanes) is 7. The molecule has 1 aliphatic carbocycles. The SMILES string of the molecule is CCCCCCCC1CCC(c2ccc(-c3ccc(O[C@@H](C)CCCCCC)cc3F)nc2)CC1. The Labute approximate surface area is 214 Å². The molecule has 0 saturated heterocycles. The van der Waals surface area contributed by atoms with E-state index < -0.39 is 0 Å². The van der Waals surface area contributed by atoms with Crippen molar-refractivity contribution in [2.45, 2.75) is 129 Å². The molecule has 35 heavy (non-hydrogen) atoms. The Hall–Kier alpha value is -1.90. The molecule has 0 N–H and O–H groups in total. The fourth-order valence-corrected chi connectivity index (χ4v) is 5.55. The molecule has 194 valence electrons. The van der Waals surface area contributed by atoms with Crippen LogP contribution in [0.1, 0.15) is 129 Å². The molecule has 0 bridgehead atoms. The summed E-state index contributed by atoms with van der Waals surface area (Å²) < 4.78 is 20.8. The van der Waals surface area contributed by atoms with Crippen molar-refractivity contribution in [3.63, 3.8) is 0 Å². The number of pyridine rings is 1. The van der Waals surface area contributed by atoms with Crippen molar-refractivity contribution in [3.8, 4) is 17.0 Å². The van der Waals surface area contributed by atoms with E-state index in [9.17, 15) is 4.39 Å². The summed E-state index contributed by atoms with van der Waals surface area (Å²) in [6.07, 6.45) is 21.5. The fourth-order valence-electron chi connectivity index (χ4n) is 5.55. The fraction of sp³-hybridized carbons (Fsp3) is 0.656. The standard InChI is InChI=1S/C32H48FNO/c1-4-6-8-10-12-14-26-15-17-27(18-16-26)28-19-22-32(34-24-28)30-21-20-29(23-31(30)33)35-25(3)13-11-9-7-5-2/h19-27H,4-18H2,1-3H3/t25-,26?,27?/m0/s1. The van der Waals surface area contributed by atoms with Crippen molar-refractivity contribution < 1.29 is 9.13 Å². The van der Waals surface area contributed by atoms with E-state index >= 15 is 0 Å². The van der Waals surface area contributed by atoms with Crippen LogP contribution in [0.2, 0.25) is 0 Å². The van der Waals surface area contributed by atoms with Crippen LogP contribution in [0.3, 0.4) is 0 Å². The van der Waals surface area contributed by atoms with Crippen LogP contribution in [0, 0.1) is 11.7 Å². The molecule has 1 saturated carbocycles. The number of rotatable bonds is 15.